The molecule has 1 fully saturated rings. The van der Waals surface area contributed by atoms with Gasteiger partial charge in [-0.1, -0.05) is 6.07 Å². The molecule has 28 heavy (non-hydrogen) atoms. The number of thioether (sulfide) groups is 1. The highest BCUT2D eigenvalue weighted by atomic mass is 32.2. The highest BCUT2D eigenvalue weighted by Gasteiger charge is 2.36. The molecule has 1 aliphatic heterocycles. The predicted octanol–water partition coefficient (Wildman–Crippen LogP) is 1.40. The van der Waals surface area contributed by atoms with Crippen molar-refractivity contribution in [3.8, 4) is 17.6 Å². The number of benzene rings is 1. The van der Waals surface area contributed by atoms with Gasteiger partial charge in [0.1, 0.15) is 12.6 Å². The van der Waals surface area contributed by atoms with Gasteiger partial charge in [0.05, 0.1) is 18.6 Å². The Balaban J connectivity index is 2.10. The molecular weight excluding hydrogens is 386 g/mol. The van der Waals surface area contributed by atoms with Crippen molar-refractivity contribution < 1.29 is 28.6 Å². The van der Waals surface area contributed by atoms with Gasteiger partial charge in [0.2, 0.25) is 5.91 Å². The summed E-state index contributed by atoms with van der Waals surface area (Å²) < 4.78 is 15.3. The molecule has 9 nitrogen and oxygen atoms in total. The number of nitrogens with zero attached hydrogens (tertiary/aromatic N) is 2. The topological polar surface area (TPSA) is 118 Å². The first-order valence-electron chi connectivity index (χ1n) is 8.19. The number of hydrogen-bond donors (Lipinski definition) is 1. The third-order valence-electron chi connectivity index (χ3n) is 3.58. The number of ether oxygens (including phenoxy) is 3. The number of nitriles is 1. The fraction of sp³-hybridized carbons (Fsp3) is 0.333. The first-order chi connectivity index (χ1) is 13.5. The Morgan fingerprint density at radius 1 is 1.32 bits per heavy atom. The van der Waals surface area contributed by atoms with Crippen molar-refractivity contribution in [1.29, 1.82) is 5.26 Å². The molecule has 148 valence electrons. The average Bonchev–Trinajstić information content (AvgIpc) is 2.94. The van der Waals surface area contributed by atoms with E-state index >= 15 is 0 Å². The van der Waals surface area contributed by atoms with Gasteiger partial charge < -0.3 is 19.5 Å². The largest absolute Gasteiger partial charge is 0.493 e. The van der Waals surface area contributed by atoms with Gasteiger partial charge in [-0.05, 0) is 35.5 Å². The van der Waals surface area contributed by atoms with E-state index in [4.69, 9.17) is 19.5 Å². The Labute approximate surface area is 166 Å². The van der Waals surface area contributed by atoms with Gasteiger partial charge in [0.25, 0.3) is 11.1 Å². The molecular formula is C18H19N3O6S. The molecule has 1 heterocycles. The molecule has 0 spiro atoms. The fourth-order valence-corrected chi connectivity index (χ4v) is 3.12. The highest BCUT2D eigenvalue weighted by molar-refractivity contribution is 8.18. The van der Waals surface area contributed by atoms with Crippen molar-refractivity contribution in [2.45, 2.75) is 0 Å². The van der Waals surface area contributed by atoms with E-state index in [1.54, 1.807) is 18.2 Å². The van der Waals surface area contributed by atoms with E-state index in [0.29, 0.717) is 30.2 Å². The average molecular weight is 405 g/mol. The molecule has 1 saturated heterocycles. The second kappa shape index (κ2) is 10.3. The first-order valence-corrected chi connectivity index (χ1v) is 9.00. The van der Waals surface area contributed by atoms with Gasteiger partial charge in [-0.3, -0.25) is 19.3 Å². The van der Waals surface area contributed by atoms with Crippen LogP contribution in [0.25, 0.3) is 6.08 Å². The Kier molecular flexibility index (Phi) is 7.86. The fourth-order valence-electron chi connectivity index (χ4n) is 2.28. The van der Waals surface area contributed by atoms with Gasteiger partial charge in [-0.15, -0.1) is 0 Å². The molecule has 2 rings (SSSR count). The Morgan fingerprint density at radius 3 is 2.79 bits per heavy atom. The zero-order valence-corrected chi connectivity index (χ0v) is 16.2. The second-order valence-electron chi connectivity index (χ2n) is 5.47. The van der Waals surface area contributed by atoms with Crippen LogP contribution in [0.5, 0.6) is 11.5 Å². The summed E-state index contributed by atoms with van der Waals surface area (Å²) in [5.41, 5.74) is 0.608. The molecule has 10 heteroatoms. The quantitative estimate of drug-likeness (QED) is 0.484. The van der Waals surface area contributed by atoms with Crippen molar-refractivity contribution in [2.24, 2.45) is 0 Å². The van der Waals surface area contributed by atoms with Gasteiger partial charge in [0.15, 0.2) is 18.1 Å². The van der Waals surface area contributed by atoms with Crippen LogP contribution in [0.4, 0.5) is 4.79 Å². The van der Waals surface area contributed by atoms with Crippen molar-refractivity contribution in [3.63, 3.8) is 0 Å². The van der Waals surface area contributed by atoms with Crippen LogP contribution in [0.1, 0.15) is 5.56 Å². The molecule has 1 aliphatic rings. The van der Waals surface area contributed by atoms with Crippen LogP contribution in [0.3, 0.4) is 0 Å². The van der Waals surface area contributed by atoms with E-state index in [1.165, 1.54) is 20.3 Å². The summed E-state index contributed by atoms with van der Waals surface area (Å²) in [5, 5.41) is 10.6. The zero-order chi connectivity index (χ0) is 20.5. The van der Waals surface area contributed by atoms with Crippen LogP contribution in [-0.4, -0.2) is 62.5 Å². The van der Waals surface area contributed by atoms with Gasteiger partial charge in [0, 0.05) is 13.7 Å². The monoisotopic (exact) mass is 405 g/mol. The third kappa shape index (κ3) is 5.48. The lowest BCUT2D eigenvalue weighted by Gasteiger charge is -2.12. The van der Waals surface area contributed by atoms with Crippen molar-refractivity contribution in [3.05, 3.63) is 28.7 Å². The SMILES string of the molecule is COCCNC(=O)CN1C(=O)S/C(=C\c2ccc(OCC#N)c(OC)c2)C1=O. The maximum Gasteiger partial charge on any atom is 0.294 e. The normalized spacial score (nSPS) is 14.9. The van der Waals surface area contributed by atoms with E-state index in [1.807, 2.05) is 6.07 Å². The number of amides is 3. The molecule has 0 bridgehead atoms. The van der Waals surface area contributed by atoms with E-state index in [0.717, 1.165) is 16.7 Å². The summed E-state index contributed by atoms with van der Waals surface area (Å²) in [6.45, 7) is 0.155. The highest BCUT2D eigenvalue weighted by Crippen LogP contribution is 2.34. The summed E-state index contributed by atoms with van der Waals surface area (Å²) in [6.07, 6.45) is 1.53. The third-order valence-corrected chi connectivity index (χ3v) is 4.49. The molecule has 0 saturated carbocycles. The van der Waals surface area contributed by atoms with Crippen molar-refractivity contribution in [1.82, 2.24) is 10.2 Å². The number of hydrogen-bond acceptors (Lipinski definition) is 8. The van der Waals surface area contributed by atoms with E-state index in [2.05, 4.69) is 5.32 Å². The lowest BCUT2D eigenvalue weighted by Crippen LogP contribution is -2.40. The number of methoxy groups -OCH3 is 2. The summed E-state index contributed by atoms with van der Waals surface area (Å²) in [6, 6.07) is 6.76. The smallest absolute Gasteiger partial charge is 0.294 e. The summed E-state index contributed by atoms with van der Waals surface area (Å²) >= 11 is 0.757. The number of imide groups is 1. The number of carbonyl (C=O) groups is 3. The maximum absolute atomic E-state index is 12.5. The van der Waals surface area contributed by atoms with Crippen LogP contribution in [0.15, 0.2) is 23.1 Å². The molecule has 1 aromatic carbocycles. The van der Waals surface area contributed by atoms with Gasteiger partial charge in [-0.25, -0.2) is 0 Å². The molecule has 0 aliphatic carbocycles. The minimum atomic E-state index is -0.541. The predicted molar refractivity (Wildman–Crippen MR) is 102 cm³/mol. The summed E-state index contributed by atoms with van der Waals surface area (Å²) in [4.78, 5) is 37.5. The van der Waals surface area contributed by atoms with Crippen LogP contribution in [-0.2, 0) is 14.3 Å². The van der Waals surface area contributed by atoms with Gasteiger partial charge in [-0.2, -0.15) is 5.26 Å². The molecule has 0 unspecified atom stereocenters. The molecule has 0 aromatic heterocycles. The lowest BCUT2D eigenvalue weighted by atomic mass is 10.2. The molecule has 1 aromatic rings. The van der Waals surface area contributed by atoms with E-state index in [9.17, 15) is 14.4 Å². The van der Waals surface area contributed by atoms with Crippen molar-refractivity contribution >= 4 is 34.9 Å². The first kappa shape index (κ1) is 21.3. The lowest BCUT2D eigenvalue weighted by molar-refractivity contribution is -0.129. The standard InChI is InChI=1S/C18H19N3O6S/c1-25-8-6-20-16(22)11-21-17(23)15(28-18(21)24)10-12-3-4-13(27-7-5-19)14(9-12)26-2/h3-4,9-10H,6-8,11H2,1-2H3,(H,20,22)/b15-10-. The molecule has 1 N–H and O–H groups in total. The minimum absolute atomic E-state index is 0.124. The number of rotatable bonds is 9. The van der Waals surface area contributed by atoms with Crippen LogP contribution in [0, 0.1) is 11.3 Å². The van der Waals surface area contributed by atoms with Gasteiger partial charge >= 0.3 is 0 Å². The number of carbonyl (C=O) groups excluding carboxylic acids is 3. The van der Waals surface area contributed by atoms with Crippen LogP contribution >= 0.6 is 11.8 Å². The zero-order valence-electron chi connectivity index (χ0n) is 15.4. The van der Waals surface area contributed by atoms with E-state index in [-0.39, 0.29) is 18.1 Å². The minimum Gasteiger partial charge on any atom is -0.493 e. The molecule has 0 radical (unpaired) electrons. The van der Waals surface area contributed by atoms with Crippen LogP contribution in [0.2, 0.25) is 0 Å². The Hall–Kier alpha value is -3.03. The number of nitrogens with one attached hydrogen (secondary N) is 1. The Bertz CT molecular complexity index is 833. The van der Waals surface area contributed by atoms with E-state index < -0.39 is 17.1 Å². The second-order valence-corrected chi connectivity index (χ2v) is 6.46. The summed E-state index contributed by atoms with van der Waals surface area (Å²) in [5.74, 6) is -0.204. The Morgan fingerprint density at radius 2 is 2.11 bits per heavy atom. The van der Waals surface area contributed by atoms with Crippen LogP contribution < -0.4 is 14.8 Å². The molecule has 0 atom stereocenters. The van der Waals surface area contributed by atoms with Crippen molar-refractivity contribution in [2.75, 3.05) is 40.5 Å². The maximum atomic E-state index is 12.5. The summed E-state index contributed by atoms with van der Waals surface area (Å²) in [7, 11) is 2.96. The molecule has 3 amide bonds.